The molecule has 1 N–H and O–H groups in total. The van der Waals surface area contributed by atoms with Crippen molar-refractivity contribution < 1.29 is 5.11 Å². The molecule has 0 spiro atoms. The molecule has 2 heterocycles. The van der Waals surface area contributed by atoms with Crippen LogP contribution in [0.4, 0.5) is 5.82 Å². The Bertz CT molecular complexity index is 345. The Morgan fingerprint density at radius 1 is 1.53 bits per heavy atom. The first-order valence-corrected chi connectivity index (χ1v) is 5.46. The fraction of sp³-hybridized carbons (Fsp3) is 0.600. The largest absolute Gasteiger partial charge is 0.393 e. The molecule has 1 fully saturated rings. The minimum absolute atomic E-state index is 0.273. The molecular formula is C10H14ClN3O. The van der Waals surface area contributed by atoms with Gasteiger partial charge in [0, 0.05) is 31.4 Å². The zero-order chi connectivity index (χ0) is 10.8. The van der Waals surface area contributed by atoms with Crippen LogP contribution in [0, 0.1) is 5.92 Å². The number of aliphatic hydroxyl groups is 1. The van der Waals surface area contributed by atoms with E-state index in [0.717, 1.165) is 25.3 Å². The molecule has 0 aromatic carbocycles. The van der Waals surface area contributed by atoms with Crippen LogP contribution in [0.1, 0.15) is 13.3 Å². The number of nitrogens with zero attached hydrogens (tertiary/aromatic N) is 3. The summed E-state index contributed by atoms with van der Waals surface area (Å²) in [6, 6.07) is 0. The second-order valence-corrected chi connectivity index (χ2v) is 4.26. The SMILES string of the molecule is CC(O)C1CCN(c2nccnc2Cl)C1. The van der Waals surface area contributed by atoms with Gasteiger partial charge in [0.15, 0.2) is 11.0 Å². The quantitative estimate of drug-likeness (QED) is 0.829. The highest BCUT2D eigenvalue weighted by atomic mass is 35.5. The molecule has 0 bridgehead atoms. The topological polar surface area (TPSA) is 49.2 Å². The molecule has 2 rings (SSSR count). The predicted octanol–water partition coefficient (Wildman–Crippen LogP) is 1.34. The molecule has 4 nitrogen and oxygen atoms in total. The van der Waals surface area contributed by atoms with Crippen molar-refractivity contribution in [2.45, 2.75) is 19.4 Å². The van der Waals surface area contributed by atoms with Gasteiger partial charge in [0.25, 0.3) is 0 Å². The van der Waals surface area contributed by atoms with Crippen LogP contribution in [-0.4, -0.2) is 34.3 Å². The van der Waals surface area contributed by atoms with Crippen molar-refractivity contribution in [3.05, 3.63) is 17.5 Å². The number of rotatable bonds is 2. The number of anilines is 1. The second-order valence-electron chi connectivity index (χ2n) is 3.91. The van der Waals surface area contributed by atoms with Crippen LogP contribution >= 0.6 is 11.6 Å². The van der Waals surface area contributed by atoms with Gasteiger partial charge < -0.3 is 10.0 Å². The number of aliphatic hydroxyl groups excluding tert-OH is 1. The fourth-order valence-corrected chi connectivity index (χ4v) is 2.12. The Morgan fingerprint density at radius 3 is 2.87 bits per heavy atom. The monoisotopic (exact) mass is 227 g/mol. The van der Waals surface area contributed by atoms with Crippen molar-refractivity contribution in [3.63, 3.8) is 0 Å². The second kappa shape index (κ2) is 4.33. The van der Waals surface area contributed by atoms with Gasteiger partial charge in [0.1, 0.15) is 0 Å². The third-order valence-corrected chi connectivity index (χ3v) is 3.11. The Hall–Kier alpha value is -0.870. The zero-order valence-corrected chi connectivity index (χ0v) is 9.35. The van der Waals surface area contributed by atoms with E-state index in [-0.39, 0.29) is 6.10 Å². The lowest BCUT2D eigenvalue weighted by molar-refractivity contribution is 0.136. The summed E-state index contributed by atoms with van der Waals surface area (Å²) in [5, 5.41) is 9.92. The molecule has 0 aliphatic carbocycles. The number of hydrogen-bond donors (Lipinski definition) is 1. The predicted molar refractivity (Wildman–Crippen MR) is 59.0 cm³/mol. The highest BCUT2D eigenvalue weighted by molar-refractivity contribution is 6.31. The van der Waals surface area contributed by atoms with E-state index in [0.29, 0.717) is 11.1 Å². The van der Waals surface area contributed by atoms with E-state index in [4.69, 9.17) is 11.6 Å². The minimum Gasteiger partial charge on any atom is -0.393 e. The zero-order valence-electron chi connectivity index (χ0n) is 8.60. The van der Waals surface area contributed by atoms with Gasteiger partial charge in [0.05, 0.1) is 6.10 Å². The van der Waals surface area contributed by atoms with Gasteiger partial charge in [-0.3, -0.25) is 0 Å². The lowest BCUT2D eigenvalue weighted by atomic mass is 10.0. The van der Waals surface area contributed by atoms with Crippen LogP contribution in [0.25, 0.3) is 0 Å². The molecule has 82 valence electrons. The Kier molecular flexibility index (Phi) is 3.07. The Balaban J connectivity index is 2.11. The Morgan fingerprint density at radius 2 is 2.27 bits per heavy atom. The van der Waals surface area contributed by atoms with Crippen LogP contribution in [0.5, 0.6) is 0 Å². The van der Waals surface area contributed by atoms with Crippen molar-refractivity contribution in [1.82, 2.24) is 9.97 Å². The van der Waals surface area contributed by atoms with Gasteiger partial charge >= 0.3 is 0 Å². The van der Waals surface area contributed by atoms with E-state index in [2.05, 4.69) is 14.9 Å². The molecule has 1 aliphatic rings. The summed E-state index contributed by atoms with van der Waals surface area (Å²) in [7, 11) is 0. The van der Waals surface area contributed by atoms with Crippen LogP contribution in [-0.2, 0) is 0 Å². The van der Waals surface area contributed by atoms with Crippen molar-refractivity contribution in [2.24, 2.45) is 5.92 Å². The van der Waals surface area contributed by atoms with E-state index >= 15 is 0 Å². The maximum absolute atomic E-state index is 9.49. The molecule has 0 saturated carbocycles. The molecule has 1 aromatic rings. The van der Waals surface area contributed by atoms with E-state index in [9.17, 15) is 5.11 Å². The normalized spacial score (nSPS) is 23.1. The van der Waals surface area contributed by atoms with Crippen LogP contribution in [0.2, 0.25) is 5.15 Å². The molecule has 2 atom stereocenters. The molecule has 5 heteroatoms. The molecule has 1 aromatic heterocycles. The molecule has 15 heavy (non-hydrogen) atoms. The molecule has 2 unspecified atom stereocenters. The van der Waals surface area contributed by atoms with Crippen molar-refractivity contribution in [2.75, 3.05) is 18.0 Å². The van der Waals surface area contributed by atoms with Gasteiger partial charge in [-0.25, -0.2) is 9.97 Å². The van der Waals surface area contributed by atoms with Gasteiger partial charge in [-0.1, -0.05) is 11.6 Å². The first-order chi connectivity index (χ1) is 7.18. The van der Waals surface area contributed by atoms with E-state index in [1.807, 2.05) is 6.92 Å². The molecular weight excluding hydrogens is 214 g/mol. The van der Waals surface area contributed by atoms with Gasteiger partial charge in [-0.05, 0) is 13.3 Å². The maximum Gasteiger partial charge on any atom is 0.171 e. The summed E-state index contributed by atoms with van der Waals surface area (Å²) in [6.07, 6.45) is 3.92. The molecule has 1 aliphatic heterocycles. The smallest absolute Gasteiger partial charge is 0.171 e. The number of halogens is 1. The number of aromatic nitrogens is 2. The molecule has 0 amide bonds. The fourth-order valence-electron chi connectivity index (χ4n) is 1.90. The third-order valence-electron chi connectivity index (χ3n) is 2.84. The lowest BCUT2D eigenvalue weighted by Crippen LogP contribution is -2.24. The molecule has 1 saturated heterocycles. The highest BCUT2D eigenvalue weighted by Gasteiger charge is 2.27. The van der Waals surface area contributed by atoms with Crippen molar-refractivity contribution in [3.8, 4) is 0 Å². The highest BCUT2D eigenvalue weighted by Crippen LogP contribution is 2.27. The first-order valence-electron chi connectivity index (χ1n) is 5.08. The third kappa shape index (κ3) is 2.21. The van der Waals surface area contributed by atoms with Gasteiger partial charge in [-0.2, -0.15) is 0 Å². The van der Waals surface area contributed by atoms with Gasteiger partial charge in [-0.15, -0.1) is 0 Å². The van der Waals surface area contributed by atoms with Crippen LogP contribution < -0.4 is 4.90 Å². The summed E-state index contributed by atoms with van der Waals surface area (Å²) < 4.78 is 0. The van der Waals surface area contributed by atoms with Crippen LogP contribution in [0.15, 0.2) is 12.4 Å². The summed E-state index contributed by atoms with van der Waals surface area (Å²) in [5.41, 5.74) is 0. The minimum atomic E-state index is -0.273. The van der Waals surface area contributed by atoms with E-state index < -0.39 is 0 Å². The van der Waals surface area contributed by atoms with Crippen molar-refractivity contribution in [1.29, 1.82) is 0 Å². The standard InChI is InChI=1S/C10H14ClN3O/c1-7(15)8-2-5-14(6-8)10-9(11)12-3-4-13-10/h3-4,7-8,15H,2,5-6H2,1H3. The number of hydrogen-bond acceptors (Lipinski definition) is 4. The summed E-state index contributed by atoms with van der Waals surface area (Å²) in [6.45, 7) is 3.51. The lowest BCUT2D eigenvalue weighted by Gasteiger charge is -2.18. The van der Waals surface area contributed by atoms with Crippen LogP contribution in [0.3, 0.4) is 0 Å². The maximum atomic E-state index is 9.49. The average molecular weight is 228 g/mol. The summed E-state index contributed by atoms with van der Waals surface area (Å²) in [4.78, 5) is 10.3. The first kappa shape index (κ1) is 10.6. The molecule has 0 radical (unpaired) electrons. The van der Waals surface area contributed by atoms with E-state index in [1.54, 1.807) is 12.4 Å². The average Bonchev–Trinajstić information content (AvgIpc) is 2.67. The van der Waals surface area contributed by atoms with Crippen molar-refractivity contribution >= 4 is 17.4 Å². The summed E-state index contributed by atoms with van der Waals surface area (Å²) in [5.74, 6) is 1.03. The van der Waals surface area contributed by atoms with Gasteiger partial charge in [0.2, 0.25) is 0 Å². The Labute approximate surface area is 93.9 Å². The van der Waals surface area contributed by atoms with E-state index in [1.165, 1.54) is 0 Å². The summed E-state index contributed by atoms with van der Waals surface area (Å²) >= 11 is 5.95.